The zero-order valence-electron chi connectivity index (χ0n) is 5.36. The molecule has 0 bridgehead atoms. The number of hydrogen-bond donors (Lipinski definition) is 2. The molecule has 0 fully saturated rings. The van der Waals surface area contributed by atoms with Gasteiger partial charge in [0.15, 0.2) is 5.11 Å². The summed E-state index contributed by atoms with van der Waals surface area (Å²) in [4.78, 5) is 0. The van der Waals surface area contributed by atoms with Crippen molar-refractivity contribution >= 4 is 17.3 Å². The maximum absolute atomic E-state index is 4.77. The van der Waals surface area contributed by atoms with Gasteiger partial charge in [-0.1, -0.05) is 0 Å². The van der Waals surface area contributed by atoms with Gasteiger partial charge in [-0.25, -0.2) is 5.01 Å². The third-order valence-electron chi connectivity index (χ3n) is 0.552. The van der Waals surface area contributed by atoms with Crippen LogP contribution >= 0.6 is 12.2 Å². The largest absolute Gasteiger partial charge is 0.365 e. The van der Waals surface area contributed by atoms with Crippen molar-refractivity contribution in [2.45, 2.75) is 0 Å². The van der Waals surface area contributed by atoms with Crippen molar-refractivity contribution in [2.24, 2.45) is 0 Å². The Balaban J connectivity index is 3.25. The lowest BCUT2D eigenvalue weighted by Gasteiger charge is -2.12. The lowest BCUT2D eigenvalue weighted by molar-refractivity contribution is 0.361. The van der Waals surface area contributed by atoms with E-state index in [0.717, 1.165) is 0 Å². The second-order valence-electron chi connectivity index (χ2n) is 1.59. The highest BCUT2D eigenvalue weighted by molar-refractivity contribution is 7.80. The van der Waals surface area contributed by atoms with Gasteiger partial charge in [-0.15, -0.1) is 0 Å². The summed E-state index contributed by atoms with van der Waals surface area (Å²) in [5.41, 5.74) is 2.85. The molecule has 0 aromatic rings. The fraction of sp³-hybridized carbons (Fsp3) is 0.750. The minimum absolute atomic E-state index is 0.634. The summed E-state index contributed by atoms with van der Waals surface area (Å²) in [7, 11) is 5.53. The quantitative estimate of drug-likeness (QED) is 0.374. The SMILES string of the molecule is CNC(=S)NN(C)C. The summed E-state index contributed by atoms with van der Waals surface area (Å²) in [5.74, 6) is 0. The minimum atomic E-state index is 0.634. The highest BCUT2D eigenvalue weighted by Crippen LogP contribution is 1.64. The number of thiocarbonyl (C=S) groups is 1. The lowest BCUT2D eigenvalue weighted by atomic mass is 11.0. The second kappa shape index (κ2) is 3.63. The first-order valence-electron chi connectivity index (χ1n) is 2.32. The number of rotatable bonds is 1. The highest BCUT2D eigenvalue weighted by atomic mass is 32.1. The maximum atomic E-state index is 4.77. The molecule has 0 aromatic heterocycles. The van der Waals surface area contributed by atoms with Gasteiger partial charge in [0.05, 0.1) is 0 Å². The van der Waals surface area contributed by atoms with Crippen LogP contribution in [-0.2, 0) is 0 Å². The molecule has 3 nitrogen and oxygen atoms in total. The molecule has 0 aliphatic rings. The molecule has 48 valence electrons. The van der Waals surface area contributed by atoms with Gasteiger partial charge >= 0.3 is 0 Å². The molecule has 8 heavy (non-hydrogen) atoms. The molecule has 2 N–H and O–H groups in total. The Hall–Kier alpha value is -0.350. The number of nitrogens with one attached hydrogen (secondary N) is 2. The van der Waals surface area contributed by atoms with Crippen LogP contribution in [0.2, 0.25) is 0 Å². The van der Waals surface area contributed by atoms with Gasteiger partial charge < -0.3 is 5.32 Å². The van der Waals surface area contributed by atoms with Crippen molar-refractivity contribution in [3.8, 4) is 0 Å². The van der Waals surface area contributed by atoms with Crippen LogP contribution in [-0.4, -0.2) is 31.3 Å². The fourth-order valence-electron chi connectivity index (χ4n) is 0.259. The van der Waals surface area contributed by atoms with Gasteiger partial charge in [0.2, 0.25) is 0 Å². The normalized spacial score (nSPS) is 9.00. The first kappa shape index (κ1) is 7.65. The van der Waals surface area contributed by atoms with Gasteiger partial charge in [-0.2, -0.15) is 0 Å². The van der Waals surface area contributed by atoms with Gasteiger partial charge in [-0.05, 0) is 12.2 Å². The van der Waals surface area contributed by atoms with Crippen molar-refractivity contribution in [2.75, 3.05) is 21.1 Å². The average Bonchev–Trinajstić information content (AvgIpc) is 1.65. The molecule has 0 rings (SSSR count). The van der Waals surface area contributed by atoms with Crippen molar-refractivity contribution < 1.29 is 0 Å². The molecule has 0 spiro atoms. The third-order valence-corrected chi connectivity index (χ3v) is 0.848. The lowest BCUT2D eigenvalue weighted by Crippen LogP contribution is -2.41. The Morgan fingerprint density at radius 1 is 1.50 bits per heavy atom. The standard InChI is InChI=1S/C4H11N3S/c1-5-4(8)6-7(2)3/h1-3H3,(H2,5,6,8). The topological polar surface area (TPSA) is 27.3 Å². The van der Waals surface area contributed by atoms with Crippen LogP contribution in [0.1, 0.15) is 0 Å². The summed E-state index contributed by atoms with van der Waals surface area (Å²) in [6.07, 6.45) is 0. The zero-order chi connectivity index (χ0) is 6.57. The first-order chi connectivity index (χ1) is 3.66. The molecule has 0 heterocycles. The number of hydrazine groups is 1. The molecule has 0 aromatic carbocycles. The molecule has 0 radical (unpaired) electrons. The Bertz CT molecular complexity index is 81.4. The Morgan fingerprint density at radius 2 is 2.00 bits per heavy atom. The average molecular weight is 133 g/mol. The highest BCUT2D eigenvalue weighted by Gasteiger charge is 1.87. The Kier molecular flexibility index (Phi) is 3.47. The third kappa shape index (κ3) is 3.83. The number of nitrogens with zero attached hydrogens (tertiary/aromatic N) is 1. The van der Waals surface area contributed by atoms with E-state index in [0.29, 0.717) is 5.11 Å². The van der Waals surface area contributed by atoms with Crippen molar-refractivity contribution in [3.05, 3.63) is 0 Å². The van der Waals surface area contributed by atoms with Crippen LogP contribution in [0.25, 0.3) is 0 Å². The van der Waals surface area contributed by atoms with Crippen LogP contribution in [0.3, 0.4) is 0 Å². The molecule has 0 saturated carbocycles. The zero-order valence-corrected chi connectivity index (χ0v) is 6.17. The molecule has 0 saturated heterocycles. The van der Waals surface area contributed by atoms with E-state index < -0.39 is 0 Å². The van der Waals surface area contributed by atoms with Gasteiger partial charge in [-0.3, -0.25) is 5.43 Å². The van der Waals surface area contributed by atoms with E-state index >= 15 is 0 Å². The summed E-state index contributed by atoms with van der Waals surface area (Å²) < 4.78 is 0. The van der Waals surface area contributed by atoms with E-state index in [-0.39, 0.29) is 0 Å². The van der Waals surface area contributed by atoms with Gasteiger partial charge in [0.25, 0.3) is 0 Å². The van der Waals surface area contributed by atoms with Crippen LogP contribution in [0.15, 0.2) is 0 Å². The monoisotopic (exact) mass is 133 g/mol. The van der Waals surface area contributed by atoms with E-state index in [4.69, 9.17) is 12.2 Å². The van der Waals surface area contributed by atoms with Crippen LogP contribution in [0.5, 0.6) is 0 Å². The molecule has 0 aliphatic heterocycles. The summed E-state index contributed by atoms with van der Waals surface area (Å²) in [6.45, 7) is 0. The molecule has 0 unspecified atom stereocenters. The molecular weight excluding hydrogens is 122 g/mol. The molecule has 4 heteroatoms. The second-order valence-corrected chi connectivity index (χ2v) is 1.99. The minimum Gasteiger partial charge on any atom is -0.365 e. The van der Waals surface area contributed by atoms with Crippen molar-refractivity contribution in [1.82, 2.24) is 15.8 Å². The smallest absolute Gasteiger partial charge is 0.180 e. The Labute approximate surface area is 55.0 Å². The van der Waals surface area contributed by atoms with Crippen molar-refractivity contribution in [1.29, 1.82) is 0 Å². The first-order valence-corrected chi connectivity index (χ1v) is 2.73. The van der Waals surface area contributed by atoms with E-state index in [1.54, 1.807) is 12.1 Å². The maximum Gasteiger partial charge on any atom is 0.180 e. The van der Waals surface area contributed by atoms with Gasteiger partial charge in [0.1, 0.15) is 0 Å². The molecule has 0 aliphatic carbocycles. The van der Waals surface area contributed by atoms with E-state index in [1.165, 1.54) is 0 Å². The summed E-state index contributed by atoms with van der Waals surface area (Å²) in [6, 6.07) is 0. The fourth-order valence-corrected chi connectivity index (χ4v) is 0.442. The molecule has 0 atom stereocenters. The van der Waals surface area contributed by atoms with Crippen LogP contribution < -0.4 is 10.7 Å². The molecule has 0 amide bonds. The molecular formula is C4H11N3S. The van der Waals surface area contributed by atoms with Gasteiger partial charge in [0, 0.05) is 21.1 Å². The summed E-state index contributed by atoms with van der Waals surface area (Å²) >= 11 is 4.77. The van der Waals surface area contributed by atoms with E-state index in [9.17, 15) is 0 Å². The van der Waals surface area contributed by atoms with Crippen LogP contribution in [0, 0.1) is 0 Å². The van der Waals surface area contributed by atoms with Crippen LogP contribution in [0.4, 0.5) is 0 Å². The predicted octanol–water partition coefficient (Wildman–Crippen LogP) is -0.443. The number of hydrogen-bond acceptors (Lipinski definition) is 2. The Morgan fingerprint density at radius 3 is 2.12 bits per heavy atom. The van der Waals surface area contributed by atoms with E-state index in [2.05, 4.69) is 10.7 Å². The summed E-state index contributed by atoms with van der Waals surface area (Å²) in [5, 5.41) is 5.19. The van der Waals surface area contributed by atoms with Crippen molar-refractivity contribution in [3.63, 3.8) is 0 Å². The van der Waals surface area contributed by atoms with E-state index in [1.807, 2.05) is 14.1 Å². The predicted molar refractivity (Wildman–Crippen MR) is 38.5 cm³/mol.